The number of aromatic carboxylic acids is 2. The fourth-order valence-corrected chi connectivity index (χ4v) is 14.4. The number of aromatic nitrogens is 8. The summed E-state index contributed by atoms with van der Waals surface area (Å²) in [6, 6.07) is 100. The molecule has 17 rings (SSSR count). The molecule has 8 N–H and O–H groups in total. The van der Waals surface area contributed by atoms with Crippen LogP contribution in [0.4, 0.5) is 0 Å². The normalized spacial score (nSPS) is 10.8. The van der Waals surface area contributed by atoms with E-state index in [1.165, 1.54) is 18.2 Å². The third kappa shape index (κ3) is 18.9. The Morgan fingerprint density at radius 1 is 0.330 bits per heavy atom. The van der Waals surface area contributed by atoms with Crippen molar-refractivity contribution in [1.82, 2.24) is 39.9 Å². The monoisotopic (exact) mass is 1800 g/mol. The zero-order valence-corrected chi connectivity index (χ0v) is 68.9. The van der Waals surface area contributed by atoms with Crippen molar-refractivity contribution >= 4 is 98.9 Å². The summed E-state index contributed by atoms with van der Waals surface area (Å²) >= 11 is 26.2. The molecule has 0 bridgehead atoms. The molecule has 0 radical (unpaired) electrons. The number of nitrogens with zero attached hydrogens (tertiary/aromatic N) is 4. The smallest absolute Gasteiger partial charge is 0.339 e. The van der Waals surface area contributed by atoms with Gasteiger partial charge in [-0.05, 0) is 151 Å². The molecular formula is C94H66Br4Cl2N8O7. The number of phenols is 2. The highest BCUT2D eigenvalue weighted by Crippen LogP contribution is 2.42. The molecule has 0 spiro atoms. The quantitative estimate of drug-likeness (QED) is 0.0453. The Bertz CT molecular complexity index is 6140. The average Bonchev–Trinajstić information content (AvgIpc) is 1.69. The molecule has 4 aromatic heterocycles. The summed E-state index contributed by atoms with van der Waals surface area (Å²) in [6.07, 6.45) is 0. The van der Waals surface area contributed by atoms with Gasteiger partial charge in [-0.25, -0.2) is 29.5 Å². The Hall–Kier alpha value is -12.5. The van der Waals surface area contributed by atoms with Gasteiger partial charge >= 0.3 is 11.9 Å². The van der Waals surface area contributed by atoms with Gasteiger partial charge in [0.2, 0.25) is 0 Å². The highest BCUT2D eigenvalue weighted by molar-refractivity contribution is 9.11. The van der Waals surface area contributed by atoms with E-state index in [9.17, 15) is 24.9 Å². The highest BCUT2D eigenvalue weighted by atomic mass is 79.9. The van der Waals surface area contributed by atoms with Gasteiger partial charge in [0.15, 0.2) is 0 Å². The van der Waals surface area contributed by atoms with Crippen molar-refractivity contribution in [3.05, 3.63) is 360 Å². The van der Waals surface area contributed by atoms with Crippen LogP contribution in [-0.4, -0.2) is 79.3 Å². The summed E-state index contributed by atoms with van der Waals surface area (Å²) in [6.45, 7) is 1.73. The molecular weight excluding hydrogens is 1740 g/mol. The third-order valence-electron chi connectivity index (χ3n) is 18.6. The maximum atomic E-state index is 11.6. The van der Waals surface area contributed by atoms with Crippen LogP contribution in [0.3, 0.4) is 0 Å². The average molecular weight is 1810 g/mol. The molecule has 0 unspecified atom stereocenters. The first kappa shape index (κ1) is 79.2. The molecule has 0 aliphatic heterocycles. The van der Waals surface area contributed by atoms with Crippen LogP contribution in [0.25, 0.3) is 147 Å². The number of nitrogens with one attached hydrogen (secondary N) is 4. The Balaban J connectivity index is 0.000000127. The Morgan fingerprint density at radius 2 is 0.678 bits per heavy atom. The molecule has 13 aromatic carbocycles. The number of carboxylic acids is 2. The van der Waals surface area contributed by atoms with E-state index in [4.69, 9.17) is 53.0 Å². The van der Waals surface area contributed by atoms with Crippen LogP contribution in [0.1, 0.15) is 26.3 Å². The number of halogens is 6. The van der Waals surface area contributed by atoms with Gasteiger partial charge < -0.3 is 45.1 Å². The second kappa shape index (κ2) is 36.1. The first-order valence-corrected chi connectivity index (χ1v) is 39.7. The number of hydrogen-bond acceptors (Lipinski definition) is 9. The molecule has 21 heteroatoms. The van der Waals surface area contributed by atoms with Crippen molar-refractivity contribution < 1.29 is 34.8 Å². The molecule has 0 saturated carbocycles. The number of rotatable bonds is 16. The lowest BCUT2D eigenvalue weighted by Crippen LogP contribution is -2.04. The van der Waals surface area contributed by atoms with Crippen LogP contribution >= 0.6 is 86.9 Å². The van der Waals surface area contributed by atoms with E-state index < -0.39 is 11.9 Å². The molecule has 4 heterocycles. The van der Waals surface area contributed by atoms with Gasteiger partial charge in [0.25, 0.3) is 0 Å². The predicted molar refractivity (Wildman–Crippen MR) is 474 cm³/mol. The minimum Gasteiger partial charge on any atom is -0.508 e. The second-order valence-electron chi connectivity index (χ2n) is 26.2. The van der Waals surface area contributed by atoms with E-state index in [-0.39, 0.29) is 28.4 Å². The summed E-state index contributed by atoms with van der Waals surface area (Å²) in [7, 11) is 1.45. The number of aromatic hydroxyl groups is 2. The van der Waals surface area contributed by atoms with E-state index in [2.05, 4.69) is 144 Å². The van der Waals surface area contributed by atoms with Crippen LogP contribution in [0.2, 0.25) is 10.0 Å². The van der Waals surface area contributed by atoms with Crippen LogP contribution < -0.4 is 4.74 Å². The highest BCUT2D eigenvalue weighted by Gasteiger charge is 2.24. The summed E-state index contributed by atoms with van der Waals surface area (Å²) in [5.74, 6) is 1.51. The Kier molecular flexibility index (Phi) is 24.9. The minimum atomic E-state index is -1.04. The lowest BCUT2D eigenvalue weighted by Gasteiger charge is -2.10. The maximum Gasteiger partial charge on any atom is 0.339 e. The van der Waals surface area contributed by atoms with Crippen LogP contribution in [0, 0.1) is 6.92 Å². The molecule has 0 amide bonds. The van der Waals surface area contributed by atoms with Crippen molar-refractivity contribution in [3.63, 3.8) is 0 Å². The van der Waals surface area contributed by atoms with Crippen molar-refractivity contribution in [1.29, 1.82) is 0 Å². The molecule has 0 aliphatic rings. The zero-order chi connectivity index (χ0) is 80.2. The van der Waals surface area contributed by atoms with Gasteiger partial charge in [0.05, 0.1) is 58.2 Å². The predicted octanol–water partition coefficient (Wildman–Crippen LogP) is 26.8. The zero-order valence-electron chi connectivity index (χ0n) is 61.1. The Morgan fingerprint density at radius 3 is 1.13 bits per heavy atom. The van der Waals surface area contributed by atoms with Gasteiger partial charge in [-0.2, -0.15) is 0 Å². The van der Waals surface area contributed by atoms with Gasteiger partial charge in [0.1, 0.15) is 46.1 Å². The first-order chi connectivity index (χ1) is 55.8. The van der Waals surface area contributed by atoms with E-state index >= 15 is 0 Å². The number of benzene rings is 13. The van der Waals surface area contributed by atoms with Gasteiger partial charge in [-0.15, -0.1) is 0 Å². The topological polar surface area (TPSA) is 239 Å². The van der Waals surface area contributed by atoms with E-state index in [1.807, 2.05) is 194 Å². The lowest BCUT2D eigenvalue weighted by atomic mass is 10.0. The fourth-order valence-electron chi connectivity index (χ4n) is 12.8. The lowest BCUT2D eigenvalue weighted by molar-refractivity contribution is 0.0683. The number of phenolic OH excluding ortho intramolecular Hbond substituents is 2. The molecule has 0 fully saturated rings. The van der Waals surface area contributed by atoms with Gasteiger partial charge in [-0.3, -0.25) is 0 Å². The maximum absolute atomic E-state index is 11.6. The Labute approximate surface area is 705 Å². The fraction of sp³-hybridized carbons (Fsp3) is 0.0213. The summed E-state index contributed by atoms with van der Waals surface area (Å²) in [5, 5.41) is 39.3. The number of aryl methyl sites for hydroxylation is 1. The van der Waals surface area contributed by atoms with E-state index in [1.54, 1.807) is 67.6 Å². The molecule has 17 aromatic rings. The third-order valence-corrected chi connectivity index (χ3v) is 21.4. The summed E-state index contributed by atoms with van der Waals surface area (Å²) in [5.41, 5.74) is 21.6. The number of H-pyrrole nitrogens is 4. The standard InChI is InChI=1S/C27H20N2O.C24H18Cl2N2O3.C22H14Br2N2O2.C21H14Br2N2O/c30-24-17-15-23(16-18-24)27-28-25(21-9-5-2-6-10-21)26(29-27)22-13-11-20(12-14-22)19-7-3-1-4-8-19;1-13-11-16(12-19(31-2)20(13)24(29)30)23-27-21(14-3-7-17(25)8-4-14)22(28-23)15-5-9-18(26)10-6-15;23-17-9-5-13(6-10-17)19-20(14-7-11-18(24)12-8-14)26-21(25-19)15-1-3-16(4-2-15)22(27)28;22-15-10-8-13(9-11-15)19-20(17-6-1-2-7-18(17)23)25-21(24-19)14-4-3-5-16(26)12-14/h1-18,30H,(H,28,29);3-12H,1-2H3,(H,27,28)(H,29,30);1-12H,(H,25,26)(H,27,28);1-12,26H,(H,24,25). The van der Waals surface area contributed by atoms with Crippen LogP contribution in [-0.2, 0) is 0 Å². The number of aromatic amines is 4. The largest absolute Gasteiger partial charge is 0.508 e. The molecule has 566 valence electrons. The van der Waals surface area contributed by atoms with Gasteiger partial charge in [0, 0.05) is 94.7 Å². The number of methoxy groups -OCH3 is 1. The number of hydrogen-bond donors (Lipinski definition) is 8. The summed E-state index contributed by atoms with van der Waals surface area (Å²) in [4.78, 5) is 55.8. The molecule has 0 atom stereocenters. The second-order valence-corrected chi connectivity index (χ2v) is 30.7. The number of carbonyl (C=O) groups is 2. The molecule has 115 heavy (non-hydrogen) atoms. The van der Waals surface area contributed by atoms with Crippen LogP contribution in [0.5, 0.6) is 17.2 Å². The number of ether oxygens (including phenoxy) is 1. The molecule has 0 aliphatic carbocycles. The SMILES string of the molecule is COc1cc(-c2nc(-c3ccc(Cl)cc3)c(-c3ccc(Cl)cc3)[nH]2)cc(C)c1C(=O)O.O=C(O)c1ccc(-c2nc(-c3ccc(Br)cc3)c(-c3ccc(Br)cc3)[nH]2)cc1.Oc1ccc(-c2nc(-c3ccccc3)c(-c3ccc(-c4ccccc4)cc3)[nH]2)cc1.Oc1cccc(-c2nc(-c3ccc(Br)cc3)c(-c3ccccc3Br)[nH]2)c1. The van der Waals surface area contributed by atoms with E-state index in [0.717, 1.165) is 136 Å². The van der Waals surface area contributed by atoms with Crippen molar-refractivity contribution in [2.75, 3.05) is 7.11 Å². The minimum absolute atomic E-state index is 0.133. The molecule has 0 saturated heterocycles. The van der Waals surface area contributed by atoms with E-state index in [0.29, 0.717) is 33.1 Å². The number of carboxylic acid groups (broad SMARTS) is 2. The van der Waals surface area contributed by atoms with Crippen molar-refractivity contribution in [2.45, 2.75) is 6.92 Å². The first-order valence-electron chi connectivity index (χ1n) is 35.8. The van der Waals surface area contributed by atoms with Crippen LogP contribution in [0.15, 0.2) is 333 Å². The van der Waals surface area contributed by atoms with Gasteiger partial charge in [-0.1, -0.05) is 275 Å². The van der Waals surface area contributed by atoms with Crippen molar-refractivity contribution in [3.8, 4) is 164 Å². The van der Waals surface area contributed by atoms with Crippen molar-refractivity contribution in [2.24, 2.45) is 0 Å². The molecule has 15 nitrogen and oxygen atoms in total. The summed E-state index contributed by atoms with van der Waals surface area (Å²) < 4.78 is 9.35. The number of imidazole rings is 4.